The highest BCUT2D eigenvalue weighted by Crippen LogP contribution is 2.30. The van der Waals surface area contributed by atoms with Crippen molar-refractivity contribution in [3.8, 4) is 11.5 Å². The zero-order valence-electron chi connectivity index (χ0n) is 17.7. The Morgan fingerprint density at radius 3 is 2.13 bits per heavy atom. The molecule has 0 saturated carbocycles. The summed E-state index contributed by atoms with van der Waals surface area (Å²) >= 11 is 0. The molecule has 0 aliphatic carbocycles. The fraction of sp³-hybridized carbons (Fsp3) is 0.318. The molecule has 2 aromatic rings. The number of hydrogen-bond donors (Lipinski definition) is 2. The first-order valence-electron chi connectivity index (χ1n) is 9.75. The van der Waals surface area contributed by atoms with Gasteiger partial charge in [-0.25, -0.2) is 4.79 Å². The van der Waals surface area contributed by atoms with Crippen molar-refractivity contribution in [2.45, 2.75) is 6.92 Å². The zero-order chi connectivity index (χ0) is 22.5. The van der Waals surface area contributed by atoms with Crippen molar-refractivity contribution >= 4 is 29.2 Å². The summed E-state index contributed by atoms with van der Waals surface area (Å²) in [5.41, 5.74) is 1.79. The van der Waals surface area contributed by atoms with Gasteiger partial charge in [-0.3, -0.25) is 9.59 Å². The van der Waals surface area contributed by atoms with Crippen molar-refractivity contribution in [2.75, 3.05) is 50.6 Å². The molecule has 0 spiro atoms. The highest BCUT2D eigenvalue weighted by molar-refractivity contribution is 5.97. The third kappa shape index (κ3) is 4.88. The highest BCUT2D eigenvalue weighted by atomic mass is 16.5. The first-order chi connectivity index (χ1) is 14.8. The number of piperazine rings is 1. The van der Waals surface area contributed by atoms with E-state index in [-0.39, 0.29) is 17.4 Å². The SMILES string of the molecule is COc1ccc(C(=O)N2CCN(c3cc(C(=O)O)ccc3NC(C)=O)CC2)cc1OC. The number of methoxy groups -OCH3 is 2. The Bertz CT molecular complexity index is 999. The predicted octanol–water partition coefficient (Wildman–Crippen LogP) is 2.32. The maximum absolute atomic E-state index is 12.9. The number of hydrogen-bond acceptors (Lipinski definition) is 6. The van der Waals surface area contributed by atoms with E-state index in [2.05, 4.69) is 5.32 Å². The molecule has 2 aromatic carbocycles. The Morgan fingerprint density at radius 2 is 1.55 bits per heavy atom. The minimum atomic E-state index is -1.04. The number of benzene rings is 2. The number of aromatic carboxylic acids is 1. The fourth-order valence-electron chi connectivity index (χ4n) is 3.52. The number of carbonyl (C=O) groups excluding carboxylic acids is 2. The zero-order valence-corrected chi connectivity index (χ0v) is 17.7. The summed E-state index contributed by atoms with van der Waals surface area (Å²) in [7, 11) is 3.05. The van der Waals surface area contributed by atoms with Crippen molar-refractivity contribution in [1.29, 1.82) is 0 Å². The molecular formula is C22H25N3O6. The van der Waals surface area contributed by atoms with Crippen LogP contribution in [0.15, 0.2) is 36.4 Å². The summed E-state index contributed by atoms with van der Waals surface area (Å²) in [4.78, 5) is 39.6. The summed E-state index contributed by atoms with van der Waals surface area (Å²) in [6.45, 7) is 3.28. The van der Waals surface area contributed by atoms with Gasteiger partial charge >= 0.3 is 5.97 Å². The van der Waals surface area contributed by atoms with Gasteiger partial charge in [0.05, 0.1) is 31.2 Å². The lowest BCUT2D eigenvalue weighted by atomic mass is 10.1. The van der Waals surface area contributed by atoms with Crippen LogP contribution >= 0.6 is 0 Å². The predicted molar refractivity (Wildman–Crippen MR) is 115 cm³/mol. The molecule has 0 atom stereocenters. The molecule has 31 heavy (non-hydrogen) atoms. The molecular weight excluding hydrogens is 402 g/mol. The van der Waals surface area contributed by atoms with Gasteiger partial charge in [0.15, 0.2) is 11.5 Å². The topological polar surface area (TPSA) is 108 Å². The molecule has 1 aliphatic rings. The minimum Gasteiger partial charge on any atom is -0.493 e. The van der Waals surface area contributed by atoms with Crippen molar-refractivity contribution in [2.24, 2.45) is 0 Å². The molecule has 3 rings (SSSR count). The van der Waals surface area contributed by atoms with Gasteiger partial charge in [-0.15, -0.1) is 0 Å². The molecule has 164 valence electrons. The third-order valence-electron chi connectivity index (χ3n) is 5.09. The monoisotopic (exact) mass is 427 g/mol. The van der Waals surface area contributed by atoms with Gasteiger partial charge in [0.2, 0.25) is 5.91 Å². The number of amides is 2. The van der Waals surface area contributed by atoms with Gasteiger partial charge in [0.25, 0.3) is 5.91 Å². The number of carbonyl (C=O) groups is 3. The fourth-order valence-corrected chi connectivity index (χ4v) is 3.52. The second-order valence-electron chi connectivity index (χ2n) is 7.07. The van der Waals surface area contributed by atoms with Crippen molar-refractivity contribution < 1.29 is 29.0 Å². The third-order valence-corrected chi connectivity index (χ3v) is 5.09. The number of ether oxygens (including phenoxy) is 2. The lowest BCUT2D eigenvalue weighted by Gasteiger charge is -2.37. The lowest BCUT2D eigenvalue weighted by molar-refractivity contribution is -0.114. The van der Waals surface area contributed by atoms with E-state index in [4.69, 9.17) is 9.47 Å². The maximum Gasteiger partial charge on any atom is 0.335 e. The van der Waals surface area contributed by atoms with E-state index in [9.17, 15) is 19.5 Å². The summed E-state index contributed by atoms with van der Waals surface area (Å²) in [5.74, 6) is -0.378. The molecule has 0 unspecified atom stereocenters. The van der Waals surface area contributed by atoms with E-state index < -0.39 is 5.97 Å². The Hall–Kier alpha value is -3.75. The van der Waals surface area contributed by atoms with Gasteiger partial charge in [-0.05, 0) is 36.4 Å². The van der Waals surface area contributed by atoms with Crippen LogP contribution < -0.4 is 19.7 Å². The van der Waals surface area contributed by atoms with Crippen molar-refractivity contribution in [3.05, 3.63) is 47.5 Å². The van der Waals surface area contributed by atoms with Gasteiger partial charge in [0, 0.05) is 38.7 Å². The van der Waals surface area contributed by atoms with Crippen LogP contribution in [0, 0.1) is 0 Å². The number of rotatable bonds is 6. The maximum atomic E-state index is 12.9. The van der Waals surface area contributed by atoms with Gasteiger partial charge in [0.1, 0.15) is 0 Å². The van der Waals surface area contributed by atoms with Crippen molar-refractivity contribution in [1.82, 2.24) is 4.90 Å². The molecule has 1 aliphatic heterocycles. The molecule has 1 heterocycles. The van der Waals surface area contributed by atoms with Crippen LogP contribution in [0.4, 0.5) is 11.4 Å². The molecule has 0 bridgehead atoms. The molecule has 2 N–H and O–H groups in total. The molecule has 0 radical (unpaired) electrons. The van der Waals surface area contributed by atoms with Gasteiger partial charge in [-0.2, -0.15) is 0 Å². The molecule has 2 amide bonds. The number of carboxylic acids is 1. The summed E-state index contributed by atoms with van der Waals surface area (Å²) in [6, 6.07) is 9.62. The molecule has 0 aromatic heterocycles. The van der Waals surface area contributed by atoms with Crippen LogP contribution in [0.2, 0.25) is 0 Å². The largest absolute Gasteiger partial charge is 0.493 e. The molecule has 9 nitrogen and oxygen atoms in total. The first kappa shape index (κ1) is 21.9. The highest BCUT2D eigenvalue weighted by Gasteiger charge is 2.25. The molecule has 1 fully saturated rings. The van der Waals surface area contributed by atoms with Crippen LogP contribution in [-0.4, -0.2) is 68.2 Å². The summed E-state index contributed by atoms with van der Waals surface area (Å²) < 4.78 is 10.5. The van der Waals surface area contributed by atoms with E-state index in [1.54, 1.807) is 35.2 Å². The number of carboxylic acid groups (broad SMARTS) is 1. The van der Waals surface area contributed by atoms with E-state index in [0.717, 1.165) is 0 Å². The molecule has 9 heteroatoms. The van der Waals surface area contributed by atoms with Gasteiger partial charge in [-0.1, -0.05) is 0 Å². The number of anilines is 2. The minimum absolute atomic E-state index is 0.123. The van der Waals surface area contributed by atoms with E-state index in [0.29, 0.717) is 54.6 Å². The quantitative estimate of drug-likeness (QED) is 0.728. The van der Waals surface area contributed by atoms with Gasteiger partial charge < -0.3 is 29.7 Å². The Morgan fingerprint density at radius 1 is 0.903 bits per heavy atom. The second kappa shape index (κ2) is 9.38. The smallest absolute Gasteiger partial charge is 0.335 e. The van der Waals surface area contributed by atoms with E-state index in [1.165, 1.54) is 27.2 Å². The number of nitrogens with one attached hydrogen (secondary N) is 1. The van der Waals surface area contributed by atoms with Crippen LogP contribution in [0.5, 0.6) is 11.5 Å². The van der Waals surface area contributed by atoms with Crippen LogP contribution in [0.25, 0.3) is 0 Å². The summed E-state index contributed by atoms with van der Waals surface area (Å²) in [6.07, 6.45) is 0. The first-order valence-corrected chi connectivity index (χ1v) is 9.75. The van der Waals surface area contributed by atoms with Crippen molar-refractivity contribution in [3.63, 3.8) is 0 Å². The Balaban J connectivity index is 1.76. The Labute approximate surface area is 180 Å². The second-order valence-corrected chi connectivity index (χ2v) is 7.07. The Kier molecular flexibility index (Phi) is 6.64. The molecule has 1 saturated heterocycles. The average Bonchev–Trinajstić information content (AvgIpc) is 2.78. The number of nitrogens with zero attached hydrogens (tertiary/aromatic N) is 2. The lowest BCUT2D eigenvalue weighted by Crippen LogP contribution is -2.49. The van der Waals surface area contributed by atoms with Crippen LogP contribution in [0.3, 0.4) is 0 Å². The van der Waals surface area contributed by atoms with Crippen LogP contribution in [-0.2, 0) is 4.79 Å². The summed E-state index contributed by atoms with van der Waals surface area (Å²) in [5, 5.41) is 12.1. The van der Waals surface area contributed by atoms with E-state index in [1.807, 2.05) is 4.90 Å². The average molecular weight is 427 g/mol. The normalized spacial score (nSPS) is 13.5. The standard InChI is InChI=1S/C22H25N3O6/c1-14(26)23-17-6-4-16(22(28)29)12-18(17)24-8-10-25(11-9-24)21(27)15-5-7-19(30-2)20(13-15)31-3/h4-7,12-13H,8-11H2,1-3H3,(H,23,26)(H,28,29). The van der Waals surface area contributed by atoms with E-state index >= 15 is 0 Å². The van der Waals surface area contributed by atoms with Crippen LogP contribution in [0.1, 0.15) is 27.6 Å².